The van der Waals surface area contributed by atoms with Crippen molar-refractivity contribution in [2.45, 2.75) is 31.8 Å². The van der Waals surface area contributed by atoms with Gasteiger partial charge in [-0.2, -0.15) is 0 Å². The molecule has 0 spiro atoms. The van der Waals surface area contributed by atoms with Crippen LogP contribution in [0.4, 0.5) is 4.39 Å². The number of halogens is 1. The maximum Gasteiger partial charge on any atom is 0.337 e. The van der Waals surface area contributed by atoms with Crippen molar-refractivity contribution in [3.8, 4) is 0 Å². The standard InChI is InChI=1S/C20H20FNO3/c1-13(17-5-3-4-6-18(17)21)22(16-11-12-16)19(23)14-7-9-15(10-8-14)20(24)25-2/h3-10,13,16H,11-12H2,1-2H3. The summed E-state index contributed by atoms with van der Waals surface area (Å²) in [5, 5.41) is 0. The maximum absolute atomic E-state index is 14.1. The van der Waals surface area contributed by atoms with Gasteiger partial charge in [-0.3, -0.25) is 4.79 Å². The Morgan fingerprint density at radius 1 is 1.08 bits per heavy atom. The molecular formula is C20H20FNO3. The zero-order chi connectivity index (χ0) is 18.0. The molecule has 0 heterocycles. The number of nitrogens with zero attached hydrogens (tertiary/aromatic N) is 1. The fourth-order valence-corrected chi connectivity index (χ4v) is 2.99. The first-order valence-corrected chi connectivity index (χ1v) is 8.28. The van der Waals surface area contributed by atoms with E-state index >= 15 is 0 Å². The second-order valence-electron chi connectivity index (χ2n) is 6.21. The van der Waals surface area contributed by atoms with Crippen LogP contribution in [0.25, 0.3) is 0 Å². The van der Waals surface area contributed by atoms with Crippen LogP contribution < -0.4 is 0 Å². The summed E-state index contributed by atoms with van der Waals surface area (Å²) in [4.78, 5) is 26.3. The minimum atomic E-state index is -0.447. The Balaban J connectivity index is 1.87. The van der Waals surface area contributed by atoms with Crippen LogP contribution in [-0.4, -0.2) is 29.9 Å². The Morgan fingerprint density at radius 3 is 2.24 bits per heavy atom. The smallest absolute Gasteiger partial charge is 0.337 e. The van der Waals surface area contributed by atoms with E-state index in [4.69, 9.17) is 0 Å². The quantitative estimate of drug-likeness (QED) is 0.773. The lowest BCUT2D eigenvalue weighted by molar-refractivity contribution is 0.0598. The van der Waals surface area contributed by atoms with Crippen molar-refractivity contribution >= 4 is 11.9 Å². The third-order valence-corrected chi connectivity index (χ3v) is 4.50. The molecule has 1 atom stereocenters. The molecule has 1 aliphatic carbocycles. The van der Waals surface area contributed by atoms with Crippen LogP contribution in [0.15, 0.2) is 48.5 Å². The molecule has 2 aromatic carbocycles. The average molecular weight is 341 g/mol. The number of rotatable bonds is 5. The monoisotopic (exact) mass is 341 g/mol. The van der Waals surface area contributed by atoms with E-state index in [1.54, 1.807) is 47.4 Å². The highest BCUT2D eigenvalue weighted by molar-refractivity contribution is 5.96. The number of carbonyl (C=O) groups excluding carboxylic acids is 2. The maximum atomic E-state index is 14.1. The summed E-state index contributed by atoms with van der Waals surface area (Å²) in [7, 11) is 1.31. The number of hydrogen-bond acceptors (Lipinski definition) is 3. The van der Waals surface area contributed by atoms with E-state index in [0.717, 1.165) is 12.8 Å². The number of ether oxygens (including phenoxy) is 1. The van der Waals surface area contributed by atoms with Gasteiger partial charge in [-0.25, -0.2) is 9.18 Å². The molecule has 0 bridgehead atoms. The highest BCUT2D eigenvalue weighted by atomic mass is 19.1. The van der Waals surface area contributed by atoms with E-state index in [1.165, 1.54) is 13.2 Å². The van der Waals surface area contributed by atoms with E-state index in [0.29, 0.717) is 16.7 Å². The molecule has 1 amide bonds. The molecule has 130 valence electrons. The van der Waals surface area contributed by atoms with Gasteiger partial charge < -0.3 is 9.64 Å². The molecule has 5 heteroatoms. The normalized spacial score (nSPS) is 14.7. The summed E-state index contributed by atoms with van der Waals surface area (Å²) >= 11 is 0. The van der Waals surface area contributed by atoms with Crippen molar-refractivity contribution in [1.82, 2.24) is 4.90 Å². The minimum Gasteiger partial charge on any atom is -0.465 e. The molecule has 0 aromatic heterocycles. The van der Waals surface area contributed by atoms with Crippen molar-refractivity contribution in [1.29, 1.82) is 0 Å². The molecule has 4 nitrogen and oxygen atoms in total. The lowest BCUT2D eigenvalue weighted by Crippen LogP contribution is -2.36. The van der Waals surface area contributed by atoms with Gasteiger partial charge in [-0.05, 0) is 50.1 Å². The lowest BCUT2D eigenvalue weighted by atomic mass is 10.0. The third-order valence-electron chi connectivity index (χ3n) is 4.50. The second kappa shape index (κ2) is 7.05. The van der Waals surface area contributed by atoms with Gasteiger partial charge >= 0.3 is 5.97 Å². The first-order chi connectivity index (χ1) is 12.0. The van der Waals surface area contributed by atoms with Crippen LogP contribution in [0.5, 0.6) is 0 Å². The van der Waals surface area contributed by atoms with Crippen LogP contribution in [-0.2, 0) is 4.74 Å². The predicted molar refractivity (Wildman–Crippen MR) is 91.8 cm³/mol. The molecule has 1 unspecified atom stereocenters. The average Bonchev–Trinajstić information content (AvgIpc) is 3.46. The van der Waals surface area contributed by atoms with Crippen LogP contribution >= 0.6 is 0 Å². The van der Waals surface area contributed by atoms with Crippen molar-refractivity contribution in [3.63, 3.8) is 0 Å². The fourth-order valence-electron chi connectivity index (χ4n) is 2.99. The SMILES string of the molecule is COC(=O)c1ccc(C(=O)N(C2CC2)C(C)c2ccccc2F)cc1. The van der Waals surface area contributed by atoms with Crippen LogP contribution in [0.1, 0.15) is 52.1 Å². The van der Waals surface area contributed by atoms with Crippen molar-refractivity contribution in [2.24, 2.45) is 0 Å². The minimum absolute atomic E-state index is 0.127. The highest BCUT2D eigenvalue weighted by Crippen LogP contribution is 2.36. The summed E-state index contributed by atoms with van der Waals surface area (Å²) in [5.41, 5.74) is 1.37. The van der Waals surface area contributed by atoms with Crippen LogP contribution in [0.3, 0.4) is 0 Å². The summed E-state index contributed by atoms with van der Waals surface area (Å²) in [6.07, 6.45) is 1.84. The van der Waals surface area contributed by atoms with Gasteiger partial charge in [0.05, 0.1) is 18.7 Å². The molecule has 25 heavy (non-hydrogen) atoms. The number of methoxy groups -OCH3 is 1. The Hall–Kier alpha value is -2.69. The molecule has 0 aliphatic heterocycles. The predicted octanol–water partition coefficient (Wildman–Crippen LogP) is 3.98. The van der Waals surface area contributed by atoms with Crippen LogP contribution in [0.2, 0.25) is 0 Å². The third kappa shape index (κ3) is 3.55. The van der Waals surface area contributed by atoms with E-state index in [-0.39, 0.29) is 23.8 Å². The molecule has 1 aliphatic rings. The zero-order valence-corrected chi connectivity index (χ0v) is 14.2. The molecule has 1 saturated carbocycles. The molecule has 3 rings (SSSR count). The summed E-state index contributed by atoms with van der Waals surface area (Å²) in [6.45, 7) is 1.84. The lowest BCUT2D eigenvalue weighted by Gasteiger charge is -2.30. The molecule has 0 radical (unpaired) electrons. The van der Waals surface area contributed by atoms with Crippen molar-refractivity contribution in [3.05, 3.63) is 71.0 Å². The van der Waals surface area contributed by atoms with E-state index in [9.17, 15) is 14.0 Å². The number of esters is 1. The number of benzene rings is 2. The van der Waals surface area contributed by atoms with Gasteiger partial charge in [0.25, 0.3) is 5.91 Å². The number of hydrogen-bond donors (Lipinski definition) is 0. The van der Waals surface area contributed by atoms with Crippen molar-refractivity contribution < 1.29 is 18.7 Å². The molecule has 0 saturated heterocycles. The van der Waals surface area contributed by atoms with Crippen LogP contribution in [0, 0.1) is 5.82 Å². The highest BCUT2D eigenvalue weighted by Gasteiger charge is 2.37. The largest absolute Gasteiger partial charge is 0.465 e. The molecule has 1 fully saturated rings. The summed E-state index contributed by atoms with van der Waals surface area (Å²) in [6, 6.07) is 12.7. The number of carbonyl (C=O) groups is 2. The summed E-state index contributed by atoms with van der Waals surface area (Å²) < 4.78 is 18.8. The second-order valence-corrected chi connectivity index (χ2v) is 6.21. The Morgan fingerprint density at radius 2 is 1.68 bits per heavy atom. The number of amides is 1. The Labute approximate surface area is 146 Å². The molecule has 0 N–H and O–H groups in total. The van der Waals surface area contributed by atoms with Gasteiger partial charge in [0, 0.05) is 17.2 Å². The Kier molecular flexibility index (Phi) is 4.83. The van der Waals surface area contributed by atoms with Gasteiger partial charge in [-0.15, -0.1) is 0 Å². The van der Waals surface area contributed by atoms with Gasteiger partial charge in [0.15, 0.2) is 0 Å². The Bertz CT molecular complexity index is 784. The zero-order valence-electron chi connectivity index (χ0n) is 14.2. The van der Waals surface area contributed by atoms with E-state index in [1.807, 2.05) is 6.92 Å². The van der Waals surface area contributed by atoms with Gasteiger partial charge in [-0.1, -0.05) is 18.2 Å². The first-order valence-electron chi connectivity index (χ1n) is 8.28. The molecule has 2 aromatic rings. The van der Waals surface area contributed by atoms with E-state index in [2.05, 4.69) is 4.74 Å². The van der Waals surface area contributed by atoms with Gasteiger partial charge in [0.2, 0.25) is 0 Å². The molecular weight excluding hydrogens is 321 g/mol. The van der Waals surface area contributed by atoms with Crippen molar-refractivity contribution in [2.75, 3.05) is 7.11 Å². The topological polar surface area (TPSA) is 46.6 Å². The first kappa shape index (κ1) is 17.1. The fraction of sp³-hybridized carbons (Fsp3) is 0.300. The van der Waals surface area contributed by atoms with Gasteiger partial charge in [0.1, 0.15) is 5.82 Å². The van der Waals surface area contributed by atoms with E-state index < -0.39 is 5.97 Å². The summed E-state index contributed by atoms with van der Waals surface area (Å²) in [5.74, 6) is -0.915.